The van der Waals surface area contributed by atoms with Gasteiger partial charge in [-0.2, -0.15) is 8.78 Å². The molecule has 0 atom stereocenters. The summed E-state index contributed by atoms with van der Waals surface area (Å²) in [6.45, 7) is 0.600. The predicted molar refractivity (Wildman–Crippen MR) is 69.0 cm³/mol. The minimum absolute atomic E-state index is 0.293. The molecule has 0 aromatic heterocycles. The van der Waals surface area contributed by atoms with Crippen LogP contribution in [0.3, 0.4) is 0 Å². The van der Waals surface area contributed by atoms with E-state index in [1.54, 1.807) is 0 Å². The minimum atomic E-state index is -3.36. The summed E-state index contributed by atoms with van der Waals surface area (Å²) in [7, 11) is 0. The van der Waals surface area contributed by atoms with E-state index < -0.39 is 11.9 Å². The molecule has 0 radical (unpaired) electrons. The highest BCUT2D eigenvalue weighted by atomic mass is 19.3. The van der Waals surface area contributed by atoms with Gasteiger partial charge in [0, 0.05) is 6.92 Å². The second kappa shape index (κ2) is 6.19. The van der Waals surface area contributed by atoms with Crippen LogP contribution in [0.15, 0.2) is 0 Å². The first kappa shape index (κ1) is 14.7. The standard InChI is InChI=1S/C15H24F2O2/c1-15(16,17)14(18)19-13-9-7-12(8-10-13)11-5-3-2-4-6-11/h11-13H,2-10H2,1H3. The highest BCUT2D eigenvalue weighted by Gasteiger charge is 2.37. The molecule has 2 aliphatic carbocycles. The number of esters is 1. The quantitative estimate of drug-likeness (QED) is 0.716. The largest absolute Gasteiger partial charge is 0.458 e. The Morgan fingerprint density at radius 1 is 0.947 bits per heavy atom. The van der Waals surface area contributed by atoms with Gasteiger partial charge in [0.1, 0.15) is 6.10 Å². The Morgan fingerprint density at radius 2 is 1.47 bits per heavy atom. The molecule has 0 bridgehead atoms. The maximum atomic E-state index is 12.8. The summed E-state index contributed by atoms with van der Waals surface area (Å²) >= 11 is 0. The summed E-state index contributed by atoms with van der Waals surface area (Å²) in [5.74, 6) is -3.19. The van der Waals surface area contributed by atoms with Crippen LogP contribution in [0.5, 0.6) is 0 Å². The zero-order valence-corrected chi connectivity index (χ0v) is 11.7. The Morgan fingerprint density at radius 3 is 2.00 bits per heavy atom. The average molecular weight is 274 g/mol. The molecule has 0 aromatic rings. The lowest BCUT2D eigenvalue weighted by Gasteiger charge is -2.35. The molecule has 0 unspecified atom stereocenters. The first-order chi connectivity index (χ1) is 8.97. The van der Waals surface area contributed by atoms with E-state index in [1.807, 2.05) is 0 Å². The third-order valence-electron chi connectivity index (χ3n) is 4.67. The van der Waals surface area contributed by atoms with E-state index >= 15 is 0 Å². The van der Waals surface area contributed by atoms with E-state index in [0.717, 1.165) is 37.5 Å². The number of rotatable bonds is 3. The van der Waals surface area contributed by atoms with Gasteiger partial charge in [-0.15, -0.1) is 0 Å². The van der Waals surface area contributed by atoms with E-state index in [9.17, 15) is 13.6 Å². The van der Waals surface area contributed by atoms with Gasteiger partial charge in [-0.1, -0.05) is 32.1 Å². The molecule has 0 heterocycles. The number of hydrogen-bond acceptors (Lipinski definition) is 2. The van der Waals surface area contributed by atoms with Crippen LogP contribution in [0.2, 0.25) is 0 Å². The van der Waals surface area contributed by atoms with Crippen LogP contribution in [0.25, 0.3) is 0 Å². The van der Waals surface area contributed by atoms with Crippen molar-refractivity contribution in [3.63, 3.8) is 0 Å². The van der Waals surface area contributed by atoms with E-state index in [1.165, 1.54) is 32.1 Å². The fourth-order valence-electron chi connectivity index (χ4n) is 3.54. The summed E-state index contributed by atoms with van der Waals surface area (Å²) < 4.78 is 30.4. The second-order valence-electron chi connectivity index (χ2n) is 6.23. The molecule has 0 N–H and O–H groups in total. The van der Waals surface area contributed by atoms with Crippen molar-refractivity contribution >= 4 is 5.97 Å². The lowest BCUT2D eigenvalue weighted by molar-refractivity contribution is -0.177. The minimum Gasteiger partial charge on any atom is -0.458 e. The highest BCUT2D eigenvalue weighted by molar-refractivity contribution is 5.77. The number of alkyl halides is 2. The lowest BCUT2D eigenvalue weighted by Crippen LogP contribution is -2.34. The average Bonchev–Trinajstić information content (AvgIpc) is 2.39. The number of carbonyl (C=O) groups is 1. The Kier molecular flexibility index (Phi) is 4.80. The van der Waals surface area contributed by atoms with E-state index in [-0.39, 0.29) is 6.10 Å². The van der Waals surface area contributed by atoms with Crippen LogP contribution >= 0.6 is 0 Å². The maximum Gasteiger partial charge on any atom is 0.376 e. The van der Waals surface area contributed by atoms with Gasteiger partial charge < -0.3 is 4.74 Å². The Labute approximate surface area is 113 Å². The molecule has 0 saturated heterocycles. The van der Waals surface area contributed by atoms with Gasteiger partial charge in [-0.3, -0.25) is 0 Å². The molecule has 0 amide bonds. The third kappa shape index (κ3) is 4.15. The predicted octanol–water partition coefficient (Wildman–Crippen LogP) is 4.32. The van der Waals surface area contributed by atoms with Gasteiger partial charge in [0.15, 0.2) is 0 Å². The zero-order valence-electron chi connectivity index (χ0n) is 11.7. The van der Waals surface area contributed by atoms with Crippen LogP contribution < -0.4 is 0 Å². The molecule has 2 fully saturated rings. The normalized spacial score (nSPS) is 30.1. The Bertz CT molecular complexity index is 298. The number of hydrogen-bond donors (Lipinski definition) is 0. The summed E-state index contributed by atoms with van der Waals surface area (Å²) in [5.41, 5.74) is 0. The molecule has 2 nitrogen and oxygen atoms in total. The summed E-state index contributed by atoms with van der Waals surface area (Å²) in [6, 6.07) is 0. The van der Waals surface area contributed by atoms with Crippen molar-refractivity contribution in [2.75, 3.05) is 0 Å². The zero-order chi connectivity index (χ0) is 13.9. The first-order valence-corrected chi connectivity index (χ1v) is 7.55. The number of ether oxygens (including phenoxy) is 1. The van der Waals surface area contributed by atoms with Crippen molar-refractivity contribution in [3.8, 4) is 0 Å². The molecule has 2 rings (SSSR count). The van der Waals surface area contributed by atoms with Gasteiger partial charge in [0.2, 0.25) is 0 Å². The third-order valence-corrected chi connectivity index (χ3v) is 4.67. The van der Waals surface area contributed by atoms with Gasteiger partial charge in [-0.05, 0) is 37.5 Å². The number of halogens is 2. The topological polar surface area (TPSA) is 26.3 Å². The molecule has 110 valence electrons. The van der Waals surface area contributed by atoms with Crippen LogP contribution in [0.4, 0.5) is 8.78 Å². The van der Waals surface area contributed by atoms with Crippen molar-refractivity contribution in [2.24, 2.45) is 11.8 Å². The van der Waals surface area contributed by atoms with Crippen molar-refractivity contribution in [3.05, 3.63) is 0 Å². The molecule has 2 saturated carbocycles. The molecule has 2 aliphatic rings. The van der Waals surface area contributed by atoms with Gasteiger partial charge in [-0.25, -0.2) is 4.79 Å². The maximum absolute atomic E-state index is 12.8. The van der Waals surface area contributed by atoms with Gasteiger partial charge in [0.05, 0.1) is 0 Å². The van der Waals surface area contributed by atoms with E-state index in [0.29, 0.717) is 6.92 Å². The molecular weight excluding hydrogens is 250 g/mol. The number of carbonyl (C=O) groups excluding carboxylic acids is 1. The van der Waals surface area contributed by atoms with Gasteiger partial charge in [0.25, 0.3) is 0 Å². The molecule has 4 heteroatoms. The molecule has 0 aliphatic heterocycles. The fraction of sp³-hybridized carbons (Fsp3) is 0.933. The second-order valence-corrected chi connectivity index (χ2v) is 6.23. The lowest BCUT2D eigenvalue weighted by atomic mass is 9.73. The molecular formula is C15H24F2O2. The SMILES string of the molecule is CC(F)(F)C(=O)OC1CCC(C2CCCCC2)CC1. The first-order valence-electron chi connectivity index (χ1n) is 7.55. The van der Waals surface area contributed by atoms with Crippen molar-refractivity contribution in [1.82, 2.24) is 0 Å². The van der Waals surface area contributed by atoms with E-state index in [2.05, 4.69) is 0 Å². The van der Waals surface area contributed by atoms with Gasteiger partial charge >= 0.3 is 11.9 Å². The molecule has 0 aromatic carbocycles. The van der Waals surface area contributed by atoms with E-state index in [4.69, 9.17) is 4.74 Å². The molecule has 19 heavy (non-hydrogen) atoms. The van der Waals surface area contributed by atoms with Crippen molar-refractivity contribution in [2.45, 2.75) is 76.7 Å². The monoisotopic (exact) mass is 274 g/mol. The van der Waals surface area contributed by atoms with Crippen molar-refractivity contribution in [1.29, 1.82) is 0 Å². The Hall–Kier alpha value is -0.670. The fourth-order valence-corrected chi connectivity index (χ4v) is 3.54. The highest BCUT2D eigenvalue weighted by Crippen LogP contribution is 2.39. The summed E-state index contributed by atoms with van der Waals surface area (Å²) in [6.07, 6.45) is 9.93. The smallest absolute Gasteiger partial charge is 0.376 e. The summed E-state index contributed by atoms with van der Waals surface area (Å²) in [5, 5.41) is 0. The van der Waals surface area contributed by atoms with Crippen molar-refractivity contribution < 1.29 is 18.3 Å². The Balaban J connectivity index is 1.74. The molecule has 0 spiro atoms. The van der Waals surface area contributed by atoms with Crippen LogP contribution in [0.1, 0.15) is 64.7 Å². The van der Waals surface area contributed by atoms with Crippen LogP contribution in [-0.4, -0.2) is 18.0 Å². The summed E-state index contributed by atoms with van der Waals surface area (Å²) in [4.78, 5) is 11.1. The van der Waals surface area contributed by atoms with Crippen LogP contribution in [-0.2, 0) is 9.53 Å². The van der Waals surface area contributed by atoms with Crippen LogP contribution in [0, 0.1) is 11.8 Å².